The highest BCUT2D eigenvalue weighted by Gasteiger charge is 2.25. The van der Waals surface area contributed by atoms with Crippen molar-refractivity contribution in [2.45, 2.75) is 32.4 Å². The first kappa shape index (κ1) is 22.5. The van der Waals surface area contributed by atoms with Crippen molar-refractivity contribution < 1.29 is 27.9 Å². The molecule has 0 radical (unpaired) electrons. The predicted octanol–water partition coefficient (Wildman–Crippen LogP) is 0.961. The first-order valence-corrected chi connectivity index (χ1v) is 9.11. The van der Waals surface area contributed by atoms with Crippen molar-refractivity contribution >= 4 is 29.2 Å². The Morgan fingerprint density at radius 2 is 2.00 bits per heavy atom. The molecule has 11 heteroatoms. The van der Waals surface area contributed by atoms with Crippen LogP contribution in [0, 0.1) is 0 Å². The lowest BCUT2D eigenvalue weighted by Gasteiger charge is -2.27. The Balaban J connectivity index is 2.17. The van der Waals surface area contributed by atoms with Crippen molar-refractivity contribution in [3.05, 3.63) is 23.8 Å². The number of alkyl halides is 2. The summed E-state index contributed by atoms with van der Waals surface area (Å²) in [6.07, 6.45) is -2.89. The Bertz CT molecular complexity index is 760. The fourth-order valence-electron chi connectivity index (χ4n) is 2.72. The third kappa shape index (κ3) is 6.09. The standard InChI is InChI=1S/C18H25F2N5O4/c1-10(2)22-18(28)24-14(8-21)17(27)23-13-4-3-11(7-12(13)16(19)20)25-5-6-29-9-15(25)26/h3-4,7,10,14,16H,5-6,8-9,21H2,1-2H3,(H,23,27)(H2,22,24,28)/t14-/m1/s1. The number of urea groups is 1. The molecule has 0 bridgehead atoms. The Morgan fingerprint density at radius 1 is 1.28 bits per heavy atom. The van der Waals surface area contributed by atoms with Crippen LogP contribution in [-0.4, -0.2) is 56.2 Å². The second kappa shape index (κ2) is 10.1. The lowest BCUT2D eigenvalue weighted by atomic mass is 10.1. The molecule has 1 saturated heterocycles. The molecule has 1 aliphatic rings. The molecule has 0 aliphatic carbocycles. The number of hydrogen-bond donors (Lipinski definition) is 4. The summed E-state index contributed by atoms with van der Waals surface area (Å²) in [4.78, 5) is 37.5. The van der Waals surface area contributed by atoms with Gasteiger partial charge in [0.05, 0.1) is 6.61 Å². The van der Waals surface area contributed by atoms with E-state index < -0.39 is 30.0 Å². The van der Waals surface area contributed by atoms with Crippen LogP contribution in [0.3, 0.4) is 0 Å². The third-order valence-corrected chi connectivity index (χ3v) is 4.10. The zero-order chi connectivity index (χ0) is 21.6. The van der Waals surface area contributed by atoms with Crippen LogP contribution in [-0.2, 0) is 14.3 Å². The van der Waals surface area contributed by atoms with Crippen molar-refractivity contribution in [3.8, 4) is 0 Å². The number of anilines is 2. The summed E-state index contributed by atoms with van der Waals surface area (Å²) in [5.41, 5.74) is 5.25. The first-order chi connectivity index (χ1) is 13.7. The minimum absolute atomic E-state index is 0.120. The van der Waals surface area contributed by atoms with E-state index in [0.717, 1.165) is 6.07 Å². The number of carbonyl (C=O) groups excluding carboxylic acids is 3. The number of nitrogens with two attached hydrogens (primary N) is 1. The summed E-state index contributed by atoms with van der Waals surface area (Å²) in [5.74, 6) is -1.07. The van der Waals surface area contributed by atoms with Crippen LogP contribution in [0.1, 0.15) is 25.8 Å². The highest BCUT2D eigenvalue weighted by molar-refractivity contribution is 5.99. The van der Waals surface area contributed by atoms with Gasteiger partial charge in [0.15, 0.2) is 0 Å². The van der Waals surface area contributed by atoms with Crippen molar-refractivity contribution in [2.75, 3.05) is 36.5 Å². The fourth-order valence-corrected chi connectivity index (χ4v) is 2.72. The van der Waals surface area contributed by atoms with Gasteiger partial charge in [-0.1, -0.05) is 0 Å². The van der Waals surface area contributed by atoms with Crippen molar-refractivity contribution in [1.29, 1.82) is 0 Å². The summed E-state index contributed by atoms with van der Waals surface area (Å²) in [6, 6.07) is 2.04. The van der Waals surface area contributed by atoms with Gasteiger partial charge in [0.25, 0.3) is 12.3 Å². The molecule has 2 rings (SSSR count). The number of benzene rings is 1. The topological polar surface area (TPSA) is 126 Å². The van der Waals surface area contributed by atoms with E-state index in [9.17, 15) is 23.2 Å². The number of carbonyl (C=O) groups is 3. The summed E-state index contributed by atoms with van der Waals surface area (Å²) < 4.78 is 32.2. The number of ether oxygens (including phenoxy) is 1. The van der Waals surface area contributed by atoms with Gasteiger partial charge in [-0.15, -0.1) is 0 Å². The van der Waals surface area contributed by atoms with Gasteiger partial charge < -0.3 is 31.3 Å². The monoisotopic (exact) mass is 413 g/mol. The molecule has 1 aliphatic heterocycles. The summed E-state index contributed by atoms with van der Waals surface area (Å²) in [7, 11) is 0. The third-order valence-electron chi connectivity index (χ3n) is 4.10. The van der Waals surface area contributed by atoms with E-state index in [1.807, 2.05) is 0 Å². The molecule has 1 aromatic carbocycles. The van der Waals surface area contributed by atoms with E-state index >= 15 is 0 Å². The molecule has 29 heavy (non-hydrogen) atoms. The van der Waals surface area contributed by atoms with Gasteiger partial charge in [-0.05, 0) is 32.0 Å². The quantitative estimate of drug-likeness (QED) is 0.530. The Kier molecular flexibility index (Phi) is 7.85. The van der Waals surface area contributed by atoms with Gasteiger partial charge >= 0.3 is 6.03 Å². The largest absolute Gasteiger partial charge is 0.370 e. The number of nitrogens with one attached hydrogen (secondary N) is 3. The highest BCUT2D eigenvalue weighted by atomic mass is 19.3. The molecule has 0 unspecified atom stereocenters. The highest BCUT2D eigenvalue weighted by Crippen LogP contribution is 2.31. The number of hydrogen-bond acceptors (Lipinski definition) is 5. The Labute approximate surface area is 166 Å². The van der Waals surface area contributed by atoms with Crippen LogP contribution in [0.2, 0.25) is 0 Å². The number of rotatable bonds is 7. The van der Waals surface area contributed by atoms with Crippen LogP contribution in [0.4, 0.5) is 25.0 Å². The van der Waals surface area contributed by atoms with Crippen molar-refractivity contribution in [3.63, 3.8) is 0 Å². The van der Waals surface area contributed by atoms with E-state index in [1.165, 1.54) is 17.0 Å². The van der Waals surface area contributed by atoms with Gasteiger partial charge in [0.1, 0.15) is 12.6 Å². The molecule has 1 heterocycles. The SMILES string of the molecule is CC(C)NC(=O)N[C@H](CN)C(=O)Nc1ccc(N2CCOCC2=O)cc1C(F)F. The van der Waals surface area contributed by atoms with Gasteiger partial charge in [-0.25, -0.2) is 13.6 Å². The van der Waals surface area contributed by atoms with E-state index in [2.05, 4.69) is 16.0 Å². The zero-order valence-corrected chi connectivity index (χ0v) is 16.2. The molecule has 0 aromatic heterocycles. The van der Waals surface area contributed by atoms with Crippen LogP contribution in [0.15, 0.2) is 18.2 Å². The van der Waals surface area contributed by atoms with Crippen LogP contribution in [0.5, 0.6) is 0 Å². The van der Waals surface area contributed by atoms with Gasteiger partial charge in [0, 0.05) is 36.1 Å². The number of halogens is 2. The van der Waals surface area contributed by atoms with Gasteiger partial charge in [-0.3, -0.25) is 9.59 Å². The zero-order valence-electron chi connectivity index (χ0n) is 16.2. The summed E-state index contributed by atoms with van der Waals surface area (Å²) >= 11 is 0. The van der Waals surface area contributed by atoms with E-state index in [0.29, 0.717) is 6.61 Å². The minimum atomic E-state index is -2.89. The van der Waals surface area contributed by atoms with Crippen molar-refractivity contribution in [2.24, 2.45) is 5.73 Å². The maximum atomic E-state index is 13.6. The summed E-state index contributed by atoms with van der Waals surface area (Å²) in [6.45, 7) is 3.69. The average Bonchev–Trinajstić information content (AvgIpc) is 2.66. The van der Waals surface area contributed by atoms with Gasteiger partial charge in [-0.2, -0.15) is 0 Å². The lowest BCUT2D eigenvalue weighted by molar-refractivity contribution is -0.125. The maximum absolute atomic E-state index is 13.6. The summed E-state index contributed by atoms with van der Waals surface area (Å²) in [5, 5.41) is 7.32. The molecule has 9 nitrogen and oxygen atoms in total. The second-order valence-electron chi connectivity index (χ2n) is 6.72. The molecular weight excluding hydrogens is 388 g/mol. The molecule has 0 saturated carbocycles. The maximum Gasteiger partial charge on any atom is 0.315 e. The average molecular weight is 413 g/mol. The van der Waals surface area contributed by atoms with E-state index in [4.69, 9.17) is 10.5 Å². The molecule has 1 aromatic rings. The fraction of sp³-hybridized carbons (Fsp3) is 0.500. The molecule has 5 N–H and O–H groups in total. The van der Waals surface area contributed by atoms with E-state index in [-0.39, 0.29) is 43.0 Å². The number of morpholine rings is 1. The molecule has 4 amide bonds. The predicted molar refractivity (Wildman–Crippen MR) is 103 cm³/mol. The number of nitrogens with zero attached hydrogens (tertiary/aromatic N) is 1. The molecule has 1 atom stereocenters. The van der Waals surface area contributed by atoms with Crippen LogP contribution in [0.25, 0.3) is 0 Å². The normalized spacial score (nSPS) is 15.4. The van der Waals surface area contributed by atoms with E-state index in [1.54, 1.807) is 13.8 Å². The number of amides is 4. The molecule has 1 fully saturated rings. The minimum Gasteiger partial charge on any atom is -0.370 e. The molecule has 0 spiro atoms. The second-order valence-corrected chi connectivity index (χ2v) is 6.72. The van der Waals surface area contributed by atoms with Crippen molar-refractivity contribution in [1.82, 2.24) is 10.6 Å². The van der Waals surface area contributed by atoms with Crippen LogP contribution >= 0.6 is 0 Å². The molecule has 160 valence electrons. The van der Waals surface area contributed by atoms with Gasteiger partial charge in [0.2, 0.25) is 5.91 Å². The smallest absolute Gasteiger partial charge is 0.315 e. The Morgan fingerprint density at radius 3 is 2.59 bits per heavy atom. The Hall–Kier alpha value is -2.79. The lowest BCUT2D eigenvalue weighted by Crippen LogP contribution is -2.52. The molecular formula is C18H25F2N5O4. The van der Waals surface area contributed by atoms with Crippen LogP contribution < -0.4 is 26.6 Å². The first-order valence-electron chi connectivity index (χ1n) is 9.11.